The van der Waals surface area contributed by atoms with E-state index in [0.29, 0.717) is 5.92 Å². The van der Waals surface area contributed by atoms with E-state index in [1.165, 1.54) is 28.2 Å². The van der Waals surface area contributed by atoms with Gasteiger partial charge in [-0.15, -0.1) is 11.3 Å². The number of aryl methyl sites for hydroxylation is 2. The minimum Gasteiger partial charge on any atom is -0.316 e. The Morgan fingerprint density at radius 2 is 2.10 bits per heavy atom. The standard InChI is InChI=1S/C18H26N2S/c1-4-8-19-12-17(11-18-13-21-15(3)20-18)10-16-7-5-6-14(2)9-16/h5-7,9,13,17,19H,4,8,10-12H2,1-3H3. The van der Waals surface area contributed by atoms with E-state index in [4.69, 9.17) is 0 Å². The van der Waals surface area contributed by atoms with E-state index in [9.17, 15) is 0 Å². The number of benzene rings is 1. The van der Waals surface area contributed by atoms with Gasteiger partial charge in [-0.2, -0.15) is 0 Å². The third-order valence-corrected chi connectivity index (χ3v) is 4.45. The van der Waals surface area contributed by atoms with Gasteiger partial charge in [-0.05, 0) is 57.7 Å². The van der Waals surface area contributed by atoms with E-state index in [1.54, 1.807) is 11.3 Å². The van der Waals surface area contributed by atoms with Crippen LogP contribution in [0.15, 0.2) is 29.6 Å². The number of rotatable bonds is 8. The lowest BCUT2D eigenvalue weighted by Gasteiger charge is -2.17. The van der Waals surface area contributed by atoms with E-state index in [2.05, 4.69) is 60.7 Å². The first-order chi connectivity index (χ1) is 10.2. The largest absolute Gasteiger partial charge is 0.316 e. The van der Waals surface area contributed by atoms with Crippen LogP contribution in [0.1, 0.15) is 35.2 Å². The first-order valence-electron chi connectivity index (χ1n) is 7.84. The lowest BCUT2D eigenvalue weighted by molar-refractivity contribution is 0.467. The zero-order valence-corrected chi connectivity index (χ0v) is 14.2. The van der Waals surface area contributed by atoms with Crippen molar-refractivity contribution >= 4 is 11.3 Å². The van der Waals surface area contributed by atoms with Gasteiger partial charge in [0.1, 0.15) is 0 Å². The van der Waals surface area contributed by atoms with Crippen LogP contribution >= 0.6 is 11.3 Å². The summed E-state index contributed by atoms with van der Waals surface area (Å²) in [7, 11) is 0. The molecule has 1 unspecified atom stereocenters. The first-order valence-corrected chi connectivity index (χ1v) is 8.72. The van der Waals surface area contributed by atoms with Crippen molar-refractivity contribution in [3.05, 3.63) is 51.5 Å². The normalized spacial score (nSPS) is 12.5. The fraction of sp³-hybridized carbons (Fsp3) is 0.500. The zero-order valence-electron chi connectivity index (χ0n) is 13.4. The highest BCUT2D eigenvalue weighted by atomic mass is 32.1. The lowest BCUT2D eigenvalue weighted by Crippen LogP contribution is -2.26. The molecule has 0 saturated heterocycles. The van der Waals surface area contributed by atoms with Gasteiger partial charge in [0.2, 0.25) is 0 Å². The van der Waals surface area contributed by atoms with Gasteiger partial charge in [-0.25, -0.2) is 4.98 Å². The minimum atomic E-state index is 0.611. The third kappa shape index (κ3) is 5.60. The van der Waals surface area contributed by atoms with Crippen molar-refractivity contribution in [1.82, 2.24) is 10.3 Å². The second-order valence-electron chi connectivity index (χ2n) is 5.83. The average Bonchev–Trinajstić information content (AvgIpc) is 2.84. The summed E-state index contributed by atoms with van der Waals surface area (Å²) in [6.45, 7) is 8.63. The zero-order chi connectivity index (χ0) is 15.1. The van der Waals surface area contributed by atoms with Crippen LogP contribution < -0.4 is 5.32 Å². The molecule has 1 atom stereocenters. The molecule has 0 aliphatic carbocycles. The van der Waals surface area contributed by atoms with Crippen LogP contribution in [-0.2, 0) is 12.8 Å². The number of hydrogen-bond acceptors (Lipinski definition) is 3. The quantitative estimate of drug-likeness (QED) is 0.741. The Bertz CT molecular complexity index is 548. The van der Waals surface area contributed by atoms with Crippen LogP contribution in [0.5, 0.6) is 0 Å². The maximum absolute atomic E-state index is 4.63. The second-order valence-corrected chi connectivity index (χ2v) is 6.89. The molecule has 0 aliphatic heterocycles. The molecule has 0 bridgehead atoms. The second kappa shape index (κ2) is 8.30. The van der Waals surface area contributed by atoms with Gasteiger partial charge in [-0.1, -0.05) is 36.8 Å². The summed E-state index contributed by atoms with van der Waals surface area (Å²) >= 11 is 1.75. The van der Waals surface area contributed by atoms with Crippen molar-refractivity contribution < 1.29 is 0 Å². The molecule has 1 aromatic carbocycles. The molecule has 1 aromatic heterocycles. The van der Waals surface area contributed by atoms with Gasteiger partial charge in [0.05, 0.1) is 10.7 Å². The summed E-state index contributed by atoms with van der Waals surface area (Å²) in [6.07, 6.45) is 3.37. The molecule has 0 amide bonds. The van der Waals surface area contributed by atoms with Gasteiger partial charge >= 0.3 is 0 Å². The first kappa shape index (κ1) is 16.2. The van der Waals surface area contributed by atoms with Crippen molar-refractivity contribution in [2.24, 2.45) is 5.92 Å². The Hall–Kier alpha value is -1.19. The minimum absolute atomic E-state index is 0.611. The maximum atomic E-state index is 4.63. The molecule has 0 fully saturated rings. The number of hydrogen-bond donors (Lipinski definition) is 1. The summed E-state index contributed by atoms with van der Waals surface area (Å²) in [5.74, 6) is 0.611. The third-order valence-electron chi connectivity index (χ3n) is 3.63. The van der Waals surface area contributed by atoms with Crippen LogP contribution in [0, 0.1) is 19.8 Å². The molecule has 3 heteroatoms. The molecule has 0 saturated carbocycles. The van der Waals surface area contributed by atoms with E-state index in [0.717, 1.165) is 25.9 Å². The van der Waals surface area contributed by atoms with E-state index in [-0.39, 0.29) is 0 Å². The molecule has 1 heterocycles. The van der Waals surface area contributed by atoms with Crippen molar-refractivity contribution in [3.63, 3.8) is 0 Å². The summed E-state index contributed by atoms with van der Waals surface area (Å²) in [4.78, 5) is 4.63. The average molecular weight is 302 g/mol. The molecular weight excluding hydrogens is 276 g/mol. The smallest absolute Gasteiger partial charge is 0.0897 e. The number of nitrogens with one attached hydrogen (secondary N) is 1. The van der Waals surface area contributed by atoms with Gasteiger partial charge < -0.3 is 5.32 Å². The van der Waals surface area contributed by atoms with Gasteiger partial charge in [-0.3, -0.25) is 0 Å². The maximum Gasteiger partial charge on any atom is 0.0897 e. The van der Waals surface area contributed by atoms with Crippen molar-refractivity contribution in [2.75, 3.05) is 13.1 Å². The Morgan fingerprint density at radius 3 is 2.76 bits per heavy atom. The SMILES string of the molecule is CCCNCC(Cc1cccc(C)c1)Cc1csc(C)n1. The molecule has 2 aromatic rings. The van der Waals surface area contributed by atoms with E-state index >= 15 is 0 Å². The molecule has 2 nitrogen and oxygen atoms in total. The summed E-state index contributed by atoms with van der Waals surface area (Å²) in [6, 6.07) is 8.87. The highest BCUT2D eigenvalue weighted by Crippen LogP contribution is 2.17. The Morgan fingerprint density at radius 1 is 1.24 bits per heavy atom. The molecule has 0 radical (unpaired) electrons. The molecule has 2 rings (SSSR count). The van der Waals surface area contributed by atoms with Gasteiger partial charge in [0.25, 0.3) is 0 Å². The van der Waals surface area contributed by atoms with Crippen LogP contribution in [0.25, 0.3) is 0 Å². The van der Waals surface area contributed by atoms with Crippen LogP contribution in [0.3, 0.4) is 0 Å². The van der Waals surface area contributed by atoms with Crippen LogP contribution in [0.4, 0.5) is 0 Å². The fourth-order valence-corrected chi connectivity index (χ4v) is 3.30. The summed E-state index contributed by atoms with van der Waals surface area (Å²) < 4.78 is 0. The van der Waals surface area contributed by atoms with Gasteiger partial charge in [0.15, 0.2) is 0 Å². The van der Waals surface area contributed by atoms with E-state index in [1.807, 2.05) is 0 Å². The predicted molar refractivity (Wildman–Crippen MR) is 92.1 cm³/mol. The van der Waals surface area contributed by atoms with Crippen LogP contribution in [-0.4, -0.2) is 18.1 Å². The van der Waals surface area contributed by atoms with Crippen molar-refractivity contribution in [1.29, 1.82) is 0 Å². The highest BCUT2D eigenvalue weighted by molar-refractivity contribution is 7.09. The van der Waals surface area contributed by atoms with E-state index < -0.39 is 0 Å². The number of nitrogens with zero attached hydrogens (tertiary/aromatic N) is 1. The Kier molecular flexibility index (Phi) is 6.40. The monoisotopic (exact) mass is 302 g/mol. The van der Waals surface area contributed by atoms with Gasteiger partial charge in [0, 0.05) is 5.38 Å². The molecule has 21 heavy (non-hydrogen) atoms. The van der Waals surface area contributed by atoms with Crippen molar-refractivity contribution in [2.45, 2.75) is 40.0 Å². The topological polar surface area (TPSA) is 24.9 Å². The Labute approximate surface area is 132 Å². The molecule has 114 valence electrons. The van der Waals surface area contributed by atoms with Crippen LogP contribution in [0.2, 0.25) is 0 Å². The lowest BCUT2D eigenvalue weighted by atomic mass is 9.94. The Balaban J connectivity index is 2.00. The molecule has 0 spiro atoms. The number of aromatic nitrogens is 1. The summed E-state index contributed by atoms with van der Waals surface area (Å²) in [5, 5.41) is 6.95. The van der Waals surface area contributed by atoms with Crippen molar-refractivity contribution in [3.8, 4) is 0 Å². The summed E-state index contributed by atoms with van der Waals surface area (Å²) in [5.41, 5.74) is 4.02. The number of thiazole rings is 1. The predicted octanol–water partition coefficient (Wildman–Crippen LogP) is 4.16. The fourth-order valence-electron chi connectivity index (χ4n) is 2.67. The highest BCUT2D eigenvalue weighted by Gasteiger charge is 2.12. The molecule has 1 N–H and O–H groups in total. The molecular formula is C18H26N2S. The molecule has 0 aliphatic rings.